The van der Waals surface area contributed by atoms with Crippen molar-refractivity contribution >= 4 is 29.6 Å². The zero-order valence-electron chi connectivity index (χ0n) is 21.4. The quantitative estimate of drug-likeness (QED) is 0.302. The van der Waals surface area contributed by atoms with Gasteiger partial charge >= 0.3 is 35.7 Å². The number of anilines is 1. The van der Waals surface area contributed by atoms with E-state index < -0.39 is 6.09 Å². The number of carbonyl (C=O) groups excluding carboxylic acids is 2. The summed E-state index contributed by atoms with van der Waals surface area (Å²) in [6, 6.07) is 22.5. The number of hydrogen-bond acceptors (Lipinski definition) is 6. The van der Waals surface area contributed by atoms with Crippen molar-refractivity contribution < 1.29 is 49.4 Å². The van der Waals surface area contributed by atoms with Gasteiger partial charge in [0, 0.05) is 0 Å². The first kappa shape index (κ1) is 28.2. The number of nitrogens with one attached hydrogen (secondary N) is 1. The number of hydrogen-bond donors (Lipinski definition) is 1. The van der Waals surface area contributed by atoms with Gasteiger partial charge in [-0.3, -0.25) is 11.6 Å². The number of aromatic nitrogens is 1. The Morgan fingerprint density at radius 3 is 2.39 bits per heavy atom. The average molecular weight is 534 g/mol. The number of rotatable bonds is 6. The molecule has 0 atom stereocenters. The number of benzene rings is 3. The van der Waals surface area contributed by atoms with Gasteiger partial charge in [-0.1, -0.05) is 79.1 Å². The molecule has 6 nitrogen and oxygen atoms in total. The van der Waals surface area contributed by atoms with Crippen molar-refractivity contribution in [1.29, 1.82) is 0 Å². The van der Waals surface area contributed by atoms with Gasteiger partial charge in [-0.15, -0.1) is 5.41 Å². The first-order chi connectivity index (χ1) is 17.6. The van der Waals surface area contributed by atoms with Gasteiger partial charge in [-0.25, -0.2) is 4.79 Å². The summed E-state index contributed by atoms with van der Waals surface area (Å²) in [5, 5.41) is 2.91. The van der Waals surface area contributed by atoms with E-state index in [-0.39, 0.29) is 47.1 Å². The van der Waals surface area contributed by atoms with Crippen LogP contribution in [0.15, 0.2) is 66.7 Å². The molecule has 38 heavy (non-hydrogen) atoms. The average Bonchev–Trinajstić information content (AvgIpc) is 3.65. The second kappa shape index (κ2) is 11.5. The molecule has 1 fully saturated rings. The van der Waals surface area contributed by atoms with Gasteiger partial charge in [-0.2, -0.15) is 4.37 Å². The Morgan fingerprint density at radius 2 is 1.71 bits per heavy atom. The van der Waals surface area contributed by atoms with Crippen molar-refractivity contribution in [3.05, 3.63) is 94.7 Å². The van der Waals surface area contributed by atoms with Crippen LogP contribution in [0.25, 0.3) is 21.6 Å². The van der Waals surface area contributed by atoms with E-state index >= 15 is 0 Å². The van der Waals surface area contributed by atoms with Crippen LogP contribution >= 0.6 is 11.5 Å². The van der Waals surface area contributed by atoms with Crippen molar-refractivity contribution in [2.75, 3.05) is 5.32 Å². The van der Waals surface area contributed by atoms with E-state index in [1.54, 1.807) is 0 Å². The van der Waals surface area contributed by atoms with Gasteiger partial charge in [0.15, 0.2) is 0 Å². The maximum Gasteiger partial charge on any atom is 1.00 e. The van der Waals surface area contributed by atoms with Crippen LogP contribution in [-0.2, 0) is 34.4 Å². The van der Waals surface area contributed by atoms with Gasteiger partial charge < -0.3 is 15.0 Å². The molecule has 1 amide bonds. The predicted molar refractivity (Wildman–Crippen MR) is 144 cm³/mol. The molecule has 0 saturated heterocycles. The first-order valence-electron chi connectivity index (χ1n) is 12.2. The molecule has 2 N–H and O–H groups in total. The minimum Gasteiger partial charge on any atom is -0.870 e. The molecule has 0 aliphatic heterocycles. The number of carbonyl (C=O) groups is 1. The zero-order valence-corrected chi connectivity index (χ0v) is 24.2. The first-order valence-corrected chi connectivity index (χ1v) is 12.9. The third-order valence-corrected chi connectivity index (χ3v) is 8.21. The van der Waals surface area contributed by atoms with Crippen molar-refractivity contribution in [3.63, 3.8) is 0 Å². The Kier molecular flexibility index (Phi) is 8.55. The van der Waals surface area contributed by atoms with Crippen LogP contribution in [0.3, 0.4) is 0 Å². The summed E-state index contributed by atoms with van der Waals surface area (Å²) < 4.78 is 9.92. The summed E-state index contributed by atoms with van der Waals surface area (Å²) in [5.74, 6) is 0. The van der Waals surface area contributed by atoms with Crippen LogP contribution < -0.4 is 34.9 Å². The van der Waals surface area contributed by atoms with Crippen molar-refractivity contribution in [2.45, 2.75) is 44.6 Å². The second-order valence-corrected chi connectivity index (χ2v) is 10.4. The van der Waals surface area contributed by atoms with Crippen LogP contribution in [0.1, 0.15) is 40.8 Å². The molecule has 8 heteroatoms. The third-order valence-electron chi connectivity index (χ3n) is 7.23. The topological polar surface area (TPSA) is 98.3 Å². The minimum absolute atomic E-state index is 0. The molecule has 0 spiro atoms. The normalized spacial score (nSPS) is 14.1. The Morgan fingerprint density at radius 1 is 1.03 bits per heavy atom. The van der Waals surface area contributed by atoms with Crippen LogP contribution in [0.2, 0.25) is 0 Å². The number of amides is 1. The molecule has 2 aliphatic carbocycles. The molecular formula is C30H26N2NaO4S-. The molecule has 1 saturated carbocycles. The fourth-order valence-corrected chi connectivity index (χ4v) is 5.83. The molecule has 6 rings (SSSR count). The standard InChI is InChI=1S/C30H25N2O3S.Na.H2O/c1-19-27(31-29(34)35-17-20-5-3-2-4-6-20)28(36-32-19)23-9-11-25-21(15-23)7-8-22-16-24(10-12-26(22)25)30(18-33)13-14-30;;/h2-6,9-12,15-16H,7-8,13-14,17H2,1H3,(H,31,34);;1H2/q-1;+1;/p-1. The number of nitrogens with zero attached hydrogens (tertiary/aromatic N) is 1. The van der Waals surface area contributed by atoms with E-state index in [9.17, 15) is 9.59 Å². The number of aryl methyl sites for hydroxylation is 3. The van der Waals surface area contributed by atoms with E-state index in [2.05, 4.69) is 52.4 Å². The molecule has 1 aromatic heterocycles. The fraction of sp³-hybridized carbons (Fsp3) is 0.233. The molecule has 0 bridgehead atoms. The van der Waals surface area contributed by atoms with Crippen LogP contribution in [0.5, 0.6) is 0 Å². The van der Waals surface area contributed by atoms with E-state index in [1.165, 1.54) is 33.8 Å². The van der Waals surface area contributed by atoms with Gasteiger partial charge in [0.1, 0.15) is 6.61 Å². The predicted octanol–water partition coefficient (Wildman–Crippen LogP) is 3.60. The van der Waals surface area contributed by atoms with Crippen molar-refractivity contribution in [1.82, 2.24) is 4.37 Å². The summed E-state index contributed by atoms with van der Waals surface area (Å²) in [6.07, 6.45) is 5.44. The summed E-state index contributed by atoms with van der Waals surface area (Å²) in [6.45, 7) is 2.10. The van der Waals surface area contributed by atoms with E-state index in [0.717, 1.165) is 52.9 Å². The van der Waals surface area contributed by atoms with E-state index in [1.807, 2.05) is 37.3 Å². The van der Waals surface area contributed by atoms with Crippen molar-refractivity contribution in [2.24, 2.45) is 0 Å². The molecule has 0 unspecified atom stereocenters. The SMILES string of the molecule is Cc1nsc(-c2ccc3c(c2)CCc2cc(C4([C-]=O)CC4)ccc2-3)c1NC(=O)OCc1ccccc1.[Na+].[OH-]. The zero-order chi connectivity index (χ0) is 24.7. The third kappa shape index (κ3) is 5.35. The van der Waals surface area contributed by atoms with Gasteiger partial charge in [0.25, 0.3) is 0 Å². The summed E-state index contributed by atoms with van der Waals surface area (Å²) in [7, 11) is 0. The maximum atomic E-state index is 12.5. The minimum atomic E-state index is -0.493. The molecule has 0 radical (unpaired) electrons. The molecule has 1 heterocycles. The Labute approximate surface area is 248 Å². The number of ether oxygens (including phenoxy) is 1. The second-order valence-electron chi connectivity index (χ2n) is 9.59. The van der Waals surface area contributed by atoms with E-state index in [4.69, 9.17) is 4.74 Å². The van der Waals surface area contributed by atoms with Gasteiger partial charge in [-0.05, 0) is 70.7 Å². The molecule has 188 valence electrons. The largest absolute Gasteiger partial charge is 1.00 e. The Balaban J connectivity index is 0.00000168. The number of fused-ring (bicyclic) bond motifs is 3. The monoisotopic (exact) mass is 533 g/mol. The van der Waals surface area contributed by atoms with Crippen LogP contribution in [-0.4, -0.2) is 22.2 Å². The molecular weight excluding hydrogens is 507 g/mol. The maximum absolute atomic E-state index is 12.5. The smallest absolute Gasteiger partial charge is 0.870 e. The van der Waals surface area contributed by atoms with Gasteiger partial charge in [0.05, 0.1) is 16.3 Å². The van der Waals surface area contributed by atoms with Crippen LogP contribution in [0, 0.1) is 6.92 Å². The van der Waals surface area contributed by atoms with Crippen molar-refractivity contribution in [3.8, 4) is 21.6 Å². The van der Waals surface area contributed by atoms with E-state index in [0.29, 0.717) is 5.69 Å². The van der Waals surface area contributed by atoms with Crippen LogP contribution in [0.4, 0.5) is 10.5 Å². The Hall–Kier alpha value is -2.81. The molecule has 3 aromatic carbocycles. The summed E-state index contributed by atoms with van der Waals surface area (Å²) in [5.41, 5.74) is 9.20. The summed E-state index contributed by atoms with van der Waals surface area (Å²) in [4.78, 5) is 24.9. The molecule has 2 aliphatic rings. The summed E-state index contributed by atoms with van der Waals surface area (Å²) >= 11 is 1.38. The Bertz CT molecular complexity index is 1480. The molecule has 4 aromatic rings. The fourth-order valence-electron chi connectivity index (χ4n) is 4.98. The van der Waals surface area contributed by atoms with Gasteiger partial charge in [0.2, 0.25) is 0 Å².